The lowest BCUT2D eigenvalue weighted by atomic mass is 10.0. The average Bonchev–Trinajstić information content (AvgIpc) is 2.59. The molecule has 0 aliphatic rings. The number of ketones is 1. The van der Waals surface area contributed by atoms with E-state index in [1.165, 1.54) is 0 Å². The minimum atomic E-state index is -0.130. The van der Waals surface area contributed by atoms with E-state index in [2.05, 4.69) is 9.97 Å². The van der Waals surface area contributed by atoms with Crippen molar-refractivity contribution in [2.75, 3.05) is 0 Å². The maximum absolute atomic E-state index is 13.3. The summed E-state index contributed by atoms with van der Waals surface area (Å²) in [4.78, 5) is 22.3. The SMILES string of the molecule is Cc1cc2ccccc2c(C(=O)c2nc(C)cc3ccccc23)n1. The summed E-state index contributed by atoms with van der Waals surface area (Å²) in [6.07, 6.45) is 0. The first kappa shape index (κ1) is 14.5. The molecular formula is C21H16N2O. The van der Waals surface area contributed by atoms with Crippen molar-refractivity contribution >= 4 is 27.3 Å². The summed E-state index contributed by atoms with van der Waals surface area (Å²) >= 11 is 0. The van der Waals surface area contributed by atoms with Gasteiger partial charge in [0.05, 0.1) is 0 Å². The fraction of sp³-hybridized carbons (Fsp3) is 0.0952. The van der Waals surface area contributed by atoms with Crippen molar-refractivity contribution in [2.45, 2.75) is 13.8 Å². The van der Waals surface area contributed by atoms with Crippen molar-refractivity contribution in [2.24, 2.45) is 0 Å². The van der Waals surface area contributed by atoms with Gasteiger partial charge < -0.3 is 0 Å². The number of pyridine rings is 2. The Balaban J connectivity index is 2.01. The third kappa shape index (κ3) is 2.35. The minimum absolute atomic E-state index is 0.130. The quantitative estimate of drug-likeness (QED) is 0.507. The van der Waals surface area contributed by atoms with Crippen LogP contribution in [0.4, 0.5) is 0 Å². The molecule has 0 N–H and O–H groups in total. The molecule has 0 aliphatic carbocycles. The largest absolute Gasteiger partial charge is 0.285 e. The summed E-state index contributed by atoms with van der Waals surface area (Å²) in [5.74, 6) is -0.130. The van der Waals surface area contributed by atoms with Gasteiger partial charge in [-0.3, -0.25) is 4.79 Å². The van der Waals surface area contributed by atoms with Gasteiger partial charge >= 0.3 is 0 Å². The second kappa shape index (κ2) is 5.53. The van der Waals surface area contributed by atoms with Crippen LogP contribution in [-0.4, -0.2) is 15.8 Å². The Morgan fingerprint density at radius 1 is 0.708 bits per heavy atom. The Labute approximate surface area is 140 Å². The van der Waals surface area contributed by atoms with E-state index in [1.54, 1.807) is 0 Å². The van der Waals surface area contributed by atoms with Crippen LogP contribution >= 0.6 is 0 Å². The van der Waals surface area contributed by atoms with E-state index in [0.717, 1.165) is 32.9 Å². The topological polar surface area (TPSA) is 42.9 Å². The third-order valence-electron chi connectivity index (χ3n) is 4.17. The molecule has 0 unspecified atom stereocenters. The zero-order chi connectivity index (χ0) is 16.7. The smallest absolute Gasteiger partial charge is 0.230 e. The zero-order valence-corrected chi connectivity index (χ0v) is 13.6. The Hall–Kier alpha value is -3.07. The van der Waals surface area contributed by atoms with E-state index in [1.807, 2.05) is 74.5 Å². The molecule has 0 saturated heterocycles. The Bertz CT molecular complexity index is 1010. The van der Waals surface area contributed by atoms with Gasteiger partial charge in [0.2, 0.25) is 5.78 Å². The highest BCUT2D eigenvalue weighted by atomic mass is 16.1. The fourth-order valence-corrected chi connectivity index (χ4v) is 3.12. The first-order chi connectivity index (χ1) is 11.6. The minimum Gasteiger partial charge on any atom is -0.285 e. The Kier molecular flexibility index (Phi) is 3.35. The van der Waals surface area contributed by atoms with Gasteiger partial charge in [-0.1, -0.05) is 48.5 Å². The van der Waals surface area contributed by atoms with Crippen LogP contribution in [0.5, 0.6) is 0 Å². The highest BCUT2D eigenvalue weighted by Crippen LogP contribution is 2.24. The zero-order valence-electron chi connectivity index (χ0n) is 13.6. The summed E-state index contributed by atoms with van der Waals surface area (Å²) in [6, 6.07) is 19.7. The molecule has 2 heterocycles. The number of carbonyl (C=O) groups is 1. The molecule has 3 nitrogen and oxygen atoms in total. The third-order valence-corrected chi connectivity index (χ3v) is 4.17. The molecule has 4 aromatic rings. The first-order valence-electron chi connectivity index (χ1n) is 7.91. The van der Waals surface area contributed by atoms with Crippen LogP contribution in [0.1, 0.15) is 27.6 Å². The van der Waals surface area contributed by atoms with Crippen molar-refractivity contribution in [1.29, 1.82) is 0 Å². The predicted octanol–water partition coefficient (Wildman–Crippen LogP) is 4.63. The highest BCUT2D eigenvalue weighted by molar-refractivity contribution is 6.19. The van der Waals surface area contributed by atoms with E-state index in [9.17, 15) is 4.79 Å². The van der Waals surface area contributed by atoms with Crippen LogP contribution in [-0.2, 0) is 0 Å². The van der Waals surface area contributed by atoms with Gasteiger partial charge in [0.25, 0.3) is 0 Å². The molecule has 0 amide bonds. The lowest BCUT2D eigenvalue weighted by Gasteiger charge is -2.09. The number of hydrogen-bond acceptors (Lipinski definition) is 3. The van der Waals surface area contributed by atoms with Crippen LogP contribution in [0.15, 0.2) is 60.7 Å². The Morgan fingerprint density at radius 3 is 1.58 bits per heavy atom. The van der Waals surface area contributed by atoms with Crippen LogP contribution in [0.25, 0.3) is 21.5 Å². The van der Waals surface area contributed by atoms with E-state index in [4.69, 9.17) is 0 Å². The number of hydrogen-bond donors (Lipinski definition) is 0. The van der Waals surface area contributed by atoms with Crippen molar-refractivity contribution in [3.05, 3.63) is 83.4 Å². The van der Waals surface area contributed by atoms with Gasteiger partial charge in [0.1, 0.15) is 11.4 Å². The molecule has 24 heavy (non-hydrogen) atoms. The summed E-state index contributed by atoms with van der Waals surface area (Å²) in [7, 11) is 0. The van der Waals surface area contributed by atoms with Crippen molar-refractivity contribution < 1.29 is 4.79 Å². The van der Waals surface area contributed by atoms with Gasteiger partial charge in [-0.25, -0.2) is 9.97 Å². The number of aryl methyl sites for hydroxylation is 2. The van der Waals surface area contributed by atoms with Gasteiger partial charge in [0.15, 0.2) is 0 Å². The first-order valence-corrected chi connectivity index (χ1v) is 7.91. The van der Waals surface area contributed by atoms with E-state index >= 15 is 0 Å². The average molecular weight is 312 g/mol. The van der Waals surface area contributed by atoms with Gasteiger partial charge in [-0.05, 0) is 36.8 Å². The molecule has 2 aromatic carbocycles. The van der Waals surface area contributed by atoms with Crippen LogP contribution in [0.2, 0.25) is 0 Å². The molecule has 3 heteroatoms. The molecule has 0 spiro atoms. The summed E-state index contributed by atoms with van der Waals surface area (Å²) in [6.45, 7) is 3.82. The predicted molar refractivity (Wildman–Crippen MR) is 96.4 cm³/mol. The summed E-state index contributed by atoms with van der Waals surface area (Å²) in [5.41, 5.74) is 2.59. The molecule has 0 fully saturated rings. The number of benzene rings is 2. The van der Waals surface area contributed by atoms with Crippen LogP contribution in [0, 0.1) is 13.8 Å². The van der Waals surface area contributed by atoms with Crippen LogP contribution in [0.3, 0.4) is 0 Å². The molecule has 0 radical (unpaired) electrons. The monoisotopic (exact) mass is 312 g/mol. The number of rotatable bonds is 2. The van der Waals surface area contributed by atoms with Crippen LogP contribution < -0.4 is 0 Å². The molecule has 0 aliphatic heterocycles. The van der Waals surface area contributed by atoms with Gasteiger partial charge in [-0.15, -0.1) is 0 Å². The second-order valence-corrected chi connectivity index (χ2v) is 6.00. The van der Waals surface area contributed by atoms with Gasteiger partial charge in [-0.2, -0.15) is 0 Å². The molecule has 4 rings (SSSR count). The maximum atomic E-state index is 13.3. The van der Waals surface area contributed by atoms with Crippen molar-refractivity contribution in [3.8, 4) is 0 Å². The van der Waals surface area contributed by atoms with Crippen molar-refractivity contribution in [1.82, 2.24) is 9.97 Å². The number of aromatic nitrogens is 2. The number of carbonyl (C=O) groups excluding carboxylic acids is 1. The molecule has 0 saturated carbocycles. The Morgan fingerprint density at radius 2 is 1.12 bits per heavy atom. The maximum Gasteiger partial charge on any atom is 0.230 e. The number of nitrogens with zero attached hydrogens (tertiary/aromatic N) is 2. The lowest BCUT2D eigenvalue weighted by molar-refractivity contribution is 0.103. The molecule has 2 aromatic heterocycles. The van der Waals surface area contributed by atoms with Gasteiger partial charge in [0, 0.05) is 22.2 Å². The molecule has 116 valence electrons. The number of fused-ring (bicyclic) bond motifs is 2. The van der Waals surface area contributed by atoms with E-state index in [0.29, 0.717) is 11.4 Å². The molecular weight excluding hydrogens is 296 g/mol. The lowest BCUT2D eigenvalue weighted by Crippen LogP contribution is -2.09. The molecule has 0 bridgehead atoms. The summed E-state index contributed by atoms with van der Waals surface area (Å²) < 4.78 is 0. The van der Waals surface area contributed by atoms with Crippen molar-refractivity contribution in [3.63, 3.8) is 0 Å². The fourth-order valence-electron chi connectivity index (χ4n) is 3.12. The van der Waals surface area contributed by atoms with E-state index < -0.39 is 0 Å². The standard InChI is InChI=1S/C21H16N2O/c1-13-11-15-7-3-5-9-17(15)19(22-13)21(24)20-18-10-6-4-8-16(18)12-14(2)23-20/h3-12H,1-2H3. The molecule has 0 atom stereocenters. The van der Waals surface area contributed by atoms with E-state index in [-0.39, 0.29) is 5.78 Å². The second-order valence-electron chi connectivity index (χ2n) is 6.00. The normalized spacial score (nSPS) is 11.1. The highest BCUT2D eigenvalue weighted by Gasteiger charge is 2.19. The summed E-state index contributed by atoms with van der Waals surface area (Å²) in [5, 5.41) is 3.76.